The molecule has 1 aromatic heterocycles. The molecule has 0 radical (unpaired) electrons. The van der Waals surface area contributed by atoms with Crippen molar-refractivity contribution in [3.63, 3.8) is 0 Å². The van der Waals surface area contributed by atoms with E-state index in [1.54, 1.807) is 6.07 Å². The van der Waals surface area contributed by atoms with Crippen LogP contribution in [0.5, 0.6) is 0 Å². The fraction of sp³-hybridized carbons (Fsp3) is 0.385. The molecule has 90 valence electrons. The number of hydrogen-bond acceptors (Lipinski definition) is 3. The van der Waals surface area contributed by atoms with Gasteiger partial charge in [-0.3, -0.25) is 0 Å². The van der Waals surface area contributed by atoms with Gasteiger partial charge in [0.25, 0.3) is 0 Å². The second-order valence-corrected chi connectivity index (χ2v) is 4.01. The van der Waals surface area contributed by atoms with E-state index in [0.717, 1.165) is 5.69 Å². The molecule has 17 heavy (non-hydrogen) atoms. The number of nitrogens with zero attached hydrogens (tertiary/aromatic N) is 1. The van der Waals surface area contributed by atoms with Crippen molar-refractivity contribution in [2.75, 3.05) is 11.9 Å². The molecule has 0 amide bonds. The molecule has 0 aliphatic carbocycles. The molecule has 2 N–H and O–H groups in total. The van der Waals surface area contributed by atoms with Gasteiger partial charge < -0.3 is 10.4 Å². The van der Waals surface area contributed by atoms with Crippen molar-refractivity contribution >= 4 is 11.8 Å². The van der Waals surface area contributed by atoms with Crippen molar-refractivity contribution in [3.05, 3.63) is 23.4 Å². The summed E-state index contributed by atoms with van der Waals surface area (Å²) < 4.78 is 0. The lowest BCUT2D eigenvalue weighted by molar-refractivity contribution is 0.0696. The fourth-order valence-corrected chi connectivity index (χ4v) is 1.32. The lowest BCUT2D eigenvalue weighted by Gasteiger charge is -2.10. The monoisotopic (exact) mass is 232 g/mol. The van der Waals surface area contributed by atoms with Gasteiger partial charge in [0.1, 0.15) is 5.82 Å². The van der Waals surface area contributed by atoms with E-state index in [9.17, 15) is 4.79 Å². The summed E-state index contributed by atoms with van der Waals surface area (Å²) in [5.41, 5.74) is 1.00. The van der Waals surface area contributed by atoms with Crippen molar-refractivity contribution < 1.29 is 9.90 Å². The van der Waals surface area contributed by atoms with Crippen molar-refractivity contribution in [3.8, 4) is 12.3 Å². The van der Waals surface area contributed by atoms with Gasteiger partial charge >= 0.3 is 5.97 Å². The normalized spacial score (nSPS) is 10.0. The van der Waals surface area contributed by atoms with E-state index in [2.05, 4.69) is 16.2 Å². The summed E-state index contributed by atoms with van der Waals surface area (Å²) in [5, 5.41) is 12.0. The van der Waals surface area contributed by atoms with Crippen LogP contribution in [0.1, 0.15) is 42.2 Å². The van der Waals surface area contributed by atoms with E-state index in [0.29, 0.717) is 18.8 Å². The minimum Gasteiger partial charge on any atom is -0.478 e. The lowest BCUT2D eigenvalue weighted by atomic mass is 10.1. The largest absolute Gasteiger partial charge is 0.478 e. The molecule has 0 saturated heterocycles. The maximum atomic E-state index is 11.0. The van der Waals surface area contributed by atoms with Crippen LogP contribution in [0, 0.1) is 12.3 Å². The number of aromatic carboxylic acids is 1. The van der Waals surface area contributed by atoms with Crippen LogP contribution in [0.25, 0.3) is 0 Å². The van der Waals surface area contributed by atoms with Crippen LogP contribution in [0.2, 0.25) is 0 Å². The summed E-state index contributed by atoms with van der Waals surface area (Å²) in [5.74, 6) is 2.30. The molecule has 0 aliphatic heterocycles. The van der Waals surface area contributed by atoms with E-state index in [1.165, 1.54) is 6.07 Å². The highest BCUT2D eigenvalue weighted by Gasteiger charge is 2.10. The number of carbonyl (C=O) groups is 1. The van der Waals surface area contributed by atoms with Gasteiger partial charge in [-0.25, -0.2) is 9.78 Å². The van der Waals surface area contributed by atoms with E-state index in [1.807, 2.05) is 13.8 Å². The van der Waals surface area contributed by atoms with Crippen molar-refractivity contribution in [2.24, 2.45) is 0 Å². The summed E-state index contributed by atoms with van der Waals surface area (Å²) in [6, 6.07) is 3.12. The Morgan fingerprint density at radius 2 is 2.29 bits per heavy atom. The summed E-state index contributed by atoms with van der Waals surface area (Å²) in [6.07, 6.45) is 5.72. The van der Waals surface area contributed by atoms with Crippen LogP contribution in [0.3, 0.4) is 0 Å². The predicted octanol–water partition coefficient (Wildman–Crippen LogP) is 2.34. The van der Waals surface area contributed by atoms with E-state index in [-0.39, 0.29) is 11.5 Å². The second-order valence-electron chi connectivity index (χ2n) is 4.01. The van der Waals surface area contributed by atoms with E-state index >= 15 is 0 Å². The van der Waals surface area contributed by atoms with Gasteiger partial charge in [0.05, 0.1) is 5.56 Å². The lowest BCUT2D eigenvalue weighted by Crippen LogP contribution is -2.08. The number of rotatable bonds is 5. The Kier molecular flexibility index (Phi) is 4.53. The number of terminal acetylenes is 1. The Bertz CT molecular complexity index is 447. The summed E-state index contributed by atoms with van der Waals surface area (Å²) in [4.78, 5) is 15.3. The molecule has 0 saturated carbocycles. The Labute approximate surface area is 101 Å². The molecule has 0 atom stereocenters. The van der Waals surface area contributed by atoms with Gasteiger partial charge in [-0.05, 0) is 18.1 Å². The zero-order valence-electron chi connectivity index (χ0n) is 10.0. The third kappa shape index (κ3) is 3.80. The third-order valence-electron chi connectivity index (χ3n) is 2.26. The SMILES string of the molecule is C#CCCNc1cc(C(=O)O)cc(C(C)C)n1. The molecule has 1 rings (SSSR count). The third-order valence-corrected chi connectivity index (χ3v) is 2.26. The summed E-state index contributed by atoms with van der Waals surface area (Å²) in [7, 11) is 0. The highest BCUT2D eigenvalue weighted by molar-refractivity contribution is 5.88. The zero-order valence-corrected chi connectivity index (χ0v) is 10.0. The van der Waals surface area contributed by atoms with Gasteiger partial charge in [0, 0.05) is 18.7 Å². The molecular formula is C13H16N2O2. The highest BCUT2D eigenvalue weighted by atomic mass is 16.4. The average Bonchev–Trinajstić information content (AvgIpc) is 2.29. The molecule has 0 fully saturated rings. The van der Waals surface area contributed by atoms with Gasteiger partial charge in [-0.15, -0.1) is 12.3 Å². The molecule has 0 bridgehead atoms. The molecular weight excluding hydrogens is 216 g/mol. The smallest absolute Gasteiger partial charge is 0.335 e. The van der Waals surface area contributed by atoms with Crippen LogP contribution < -0.4 is 5.32 Å². The first kappa shape index (κ1) is 13.0. The first-order chi connectivity index (χ1) is 8.04. The molecule has 4 nitrogen and oxygen atoms in total. The van der Waals surface area contributed by atoms with Crippen molar-refractivity contribution in [1.29, 1.82) is 0 Å². The molecule has 1 aromatic rings. The fourth-order valence-electron chi connectivity index (χ4n) is 1.32. The number of pyridine rings is 1. The van der Waals surface area contributed by atoms with Gasteiger partial charge in [-0.2, -0.15) is 0 Å². The van der Waals surface area contributed by atoms with E-state index < -0.39 is 5.97 Å². The zero-order chi connectivity index (χ0) is 12.8. The van der Waals surface area contributed by atoms with Crippen LogP contribution in [0.4, 0.5) is 5.82 Å². The van der Waals surface area contributed by atoms with Gasteiger partial charge in [0.15, 0.2) is 0 Å². The standard InChI is InChI=1S/C13H16N2O2/c1-4-5-6-14-12-8-10(13(16)17)7-11(15-12)9(2)3/h1,7-9H,5-6H2,2-3H3,(H,14,15)(H,16,17). The Morgan fingerprint density at radius 1 is 1.59 bits per heavy atom. The number of anilines is 1. The van der Waals surface area contributed by atoms with Crippen molar-refractivity contribution in [2.45, 2.75) is 26.2 Å². The molecule has 1 heterocycles. The van der Waals surface area contributed by atoms with E-state index in [4.69, 9.17) is 11.5 Å². The molecule has 0 aliphatic rings. The first-order valence-electron chi connectivity index (χ1n) is 5.47. The van der Waals surface area contributed by atoms with Crippen LogP contribution >= 0.6 is 0 Å². The van der Waals surface area contributed by atoms with Crippen LogP contribution in [0.15, 0.2) is 12.1 Å². The number of carboxylic acids is 1. The molecule has 4 heteroatoms. The highest BCUT2D eigenvalue weighted by Crippen LogP contribution is 2.17. The number of nitrogens with one attached hydrogen (secondary N) is 1. The summed E-state index contributed by atoms with van der Waals surface area (Å²) in [6.45, 7) is 4.53. The topological polar surface area (TPSA) is 62.2 Å². The second kappa shape index (κ2) is 5.90. The summed E-state index contributed by atoms with van der Waals surface area (Å²) >= 11 is 0. The van der Waals surface area contributed by atoms with Crippen LogP contribution in [-0.2, 0) is 0 Å². The van der Waals surface area contributed by atoms with Crippen molar-refractivity contribution in [1.82, 2.24) is 4.98 Å². The molecule has 0 aromatic carbocycles. The first-order valence-corrected chi connectivity index (χ1v) is 5.47. The maximum Gasteiger partial charge on any atom is 0.335 e. The number of carboxylic acid groups (broad SMARTS) is 1. The van der Waals surface area contributed by atoms with Gasteiger partial charge in [-0.1, -0.05) is 13.8 Å². The minimum absolute atomic E-state index is 0.183. The quantitative estimate of drug-likeness (QED) is 0.604. The average molecular weight is 232 g/mol. The van der Waals surface area contributed by atoms with Gasteiger partial charge in [0.2, 0.25) is 0 Å². The Balaban J connectivity index is 2.96. The minimum atomic E-state index is -0.950. The Morgan fingerprint density at radius 3 is 2.82 bits per heavy atom. The predicted molar refractivity (Wildman–Crippen MR) is 67.2 cm³/mol. The molecule has 0 unspecified atom stereocenters. The van der Waals surface area contributed by atoms with Crippen LogP contribution in [-0.4, -0.2) is 22.6 Å². The molecule has 0 spiro atoms. The Hall–Kier alpha value is -2.02. The maximum absolute atomic E-state index is 11.0. The number of aromatic nitrogens is 1. The number of hydrogen-bond donors (Lipinski definition) is 2.